The minimum absolute atomic E-state index is 0.0860. The van der Waals surface area contributed by atoms with Crippen molar-refractivity contribution < 1.29 is 28.5 Å². The molecular formula is C23H28N6O6. The van der Waals surface area contributed by atoms with Gasteiger partial charge in [-0.25, -0.2) is 24.5 Å². The summed E-state index contributed by atoms with van der Waals surface area (Å²) in [7, 11) is 1.27. The number of aromatic nitrogens is 3. The second-order valence-electron chi connectivity index (χ2n) is 9.08. The highest BCUT2D eigenvalue weighted by Crippen LogP contribution is 2.37. The maximum Gasteiger partial charge on any atom is 0.376 e. The predicted octanol–water partition coefficient (Wildman–Crippen LogP) is 2.21. The van der Waals surface area contributed by atoms with Crippen LogP contribution in [0, 0.1) is 0 Å². The molecule has 2 bridgehead atoms. The molecule has 3 aliphatic heterocycles. The Kier molecular flexibility index (Phi) is 6.15. The topological polar surface area (TPSA) is 128 Å². The van der Waals surface area contributed by atoms with E-state index in [1.165, 1.54) is 7.11 Å². The summed E-state index contributed by atoms with van der Waals surface area (Å²) in [6, 6.07) is 2.93. The molecule has 1 N–H and O–H groups in total. The van der Waals surface area contributed by atoms with E-state index in [9.17, 15) is 9.59 Å². The third kappa shape index (κ3) is 4.84. The summed E-state index contributed by atoms with van der Waals surface area (Å²) in [6.45, 7) is 6.04. The lowest BCUT2D eigenvalue weighted by atomic mass is 10.0. The number of fused-ring (bicyclic) bond motifs is 4. The zero-order valence-corrected chi connectivity index (χ0v) is 19.9. The Bertz CT molecular complexity index is 1110. The lowest BCUT2D eigenvalue weighted by Gasteiger charge is -2.45. The summed E-state index contributed by atoms with van der Waals surface area (Å²) < 4.78 is 21.8. The molecule has 2 amide bonds. The molecule has 0 radical (unpaired) electrons. The zero-order valence-electron chi connectivity index (χ0n) is 19.9. The van der Waals surface area contributed by atoms with E-state index < -0.39 is 11.8 Å². The summed E-state index contributed by atoms with van der Waals surface area (Å²) in [5, 5.41) is 2.83. The molecule has 186 valence electrons. The van der Waals surface area contributed by atoms with E-state index in [1.54, 1.807) is 29.4 Å². The van der Waals surface area contributed by atoms with Crippen LogP contribution in [0.25, 0.3) is 0 Å². The summed E-state index contributed by atoms with van der Waals surface area (Å²) in [5.41, 5.74) is 0.710. The summed E-state index contributed by atoms with van der Waals surface area (Å²) in [5.74, 6) is -0.0515. The molecule has 2 aromatic rings. The predicted molar refractivity (Wildman–Crippen MR) is 125 cm³/mol. The van der Waals surface area contributed by atoms with E-state index in [4.69, 9.17) is 18.9 Å². The van der Waals surface area contributed by atoms with Crippen LogP contribution < -0.4 is 19.9 Å². The first-order valence-electron chi connectivity index (χ1n) is 11.5. The number of hydrogen-bond acceptors (Lipinski definition) is 10. The van der Waals surface area contributed by atoms with Gasteiger partial charge in [0.15, 0.2) is 11.6 Å². The van der Waals surface area contributed by atoms with E-state index in [0.717, 1.165) is 19.4 Å². The number of rotatable bonds is 5. The Morgan fingerprint density at radius 2 is 2.11 bits per heavy atom. The van der Waals surface area contributed by atoms with Crippen LogP contribution in [0.2, 0.25) is 0 Å². The fourth-order valence-electron chi connectivity index (χ4n) is 4.52. The van der Waals surface area contributed by atoms with Gasteiger partial charge in [0, 0.05) is 13.1 Å². The number of nitrogens with zero attached hydrogens (tertiary/aromatic N) is 5. The molecular weight excluding hydrogens is 456 g/mol. The number of carbonyl (C=O) groups excluding carboxylic acids is 2. The molecule has 2 atom stereocenters. The van der Waals surface area contributed by atoms with Crippen molar-refractivity contribution in [2.75, 3.05) is 48.5 Å². The number of anilines is 3. The van der Waals surface area contributed by atoms with Crippen molar-refractivity contribution in [3.63, 3.8) is 0 Å². The minimum atomic E-state index is -0.658. The SMILES string of the molecule is COC(=O)c1ncc2c(n1)N(C(=O)Nc1ccc(OC[C@@H]3COC(C)(C)O3)cn1)C1CCCN2C1. The first-order valence-corrected chi connectivity index (χ1v) is 11.5. The van der Waals surface area contributed by atoms with Crippen LogP contribution >= 0.6 is 0 Å². The maximum atomic E-state index is 13.3. The number of hydrogen-bond donors (Lipinski definition) is 1. The van der Waals surface area contributed by atoms with Gasteiger partial charge in [-0.2, -0.15) is 0 Å². The van der Waals surface area contributed by atoms with Gasteiger partial charge < -0.3 is 23.8 Å². The lowest BCUT2D eigenvalue weighted by Crippen LogP contribution is -2.56. The molecule has 12 nitrogen and oxygen atoms in total. The van der Waals surface area contributed by atoms with Gasteiger partial charge >= 0.3 is 12.0 Å². The molecule has 5 heterocycles. The maximum absolute atomic E-state index is 13.3. The molecule has 0 spiro atoms. The van der Waals surface area contributed by atoms with Crippen LogP contribution in [0.1, 0.15) is 37.3 Å². The molecule has 35 heavy (non-hydrogen) atoms. The summed E-state index contributed by atoms with van der Waals surface area (Å²) >= 11 is 0. The largest absolute Gasteiger partial charge is 0.489 e. The number of piperidine rings is 1. The van der Waals surface area contributed by atoms with E-state index in [-0.39, 0.29) is 24.0 Å². The third-order valence-corrected chi connectivity index (χ3v) is 6.14. The Hall–Kier alpha value is -3.51. The first kappa shape index (κ1) is 23.2. The second-order valence-corrected chi connectivity index (χ2v) is 9.08. The van der Waals surface area contributed by atoms with Crippen LogP contribution in [0.15, 0.2) is 24.5 Å². The average molecular weight is 485 g/mol. The van der Waals surface area contributed by atoms with Crippen LogP contribution in [-0.4, -0.2) is 78.3 Å². The van der Waals surface area contributed by atoms with Gasteiger partial charge in [-0.1, -0.05) is 0 Å². The molecule has 1 unspecified atom stereocenters. The highest BCUT2D eigenvalue weighted by Gasteiger charge is 2.39. The molecule has 0 aliphatic carbocycles. The van der Waals surface area contributed by atoms with Gasteiger partial charge in [0.25, 0.3) is 0 Å². The van der Waals surface area contributed by atoms with E-state index in [0.29, 0.717) is 42.8 Å². The van der Waals surface area contributed by atoms with Crippen molar-refractivity contribution in [1.29, 1.82) is 0 Å². The number of methoxy groups -OCH3 is 1. The molecule has 5 rings (SSSR count). The van der Waals surface area contributed by atoms with Gasteiger partial charge in [-0.15, -0.1) is 0 Å². The normalized spacial score (nSPS) is 22.4. The number of nitrogens with one attached hydrogen (secondary N) is 1. The van der Waals surface area contributed by atoms with E-state index in [2.05, 4.69) is 25.2 Å². The molecule has 2 aromatic heterocycles. The fraction of sp³-hybridized carbons (Fsp3) is 0.522. The average Bonchev–Trinajstić information content (AvgIpc) is 3.21. The molecule has 2 saturated heterocycles. The zero-order chi connectivity index (χ0) is 24.6. The highest BCUT2D eigenvalue weighted by atomic mass is 16.7. The Labute approximate surface area is 202 Å². The number of pyridine rings is 1. The first-order chi connectivity index (χ1) is 16.8. The van der Waals surface area contributed by atoms with Crippen molar-refractivity contribution in [3.8, 4) is 5.75 Å². The van der Waals surface area contributed by atoms with Crippen molar-refractivity contribution in [2.45, 2.75) is 44.6 Å². The molecule has 0 aromatic carbocycles. The molecule has 12 heteroatoms. The molecule has 2 fully saturated rings. The fourth-order valence-corrected chi connectivity index (χ4v) is 4.52. The number of carbonyl (C=O) groups is 2. The number of esters is 1. The van der Waals surface area contributed by atoms with E-state index >= 15 is 0 Å². The van der Waals surface area contributed by atoms with Gasteiger partial charge in [-0.3, -0.25) is 10.2 Å². The van der Waals surface area contributed by atoms with Gasteiger partial charge in [0.05, 0.1) is 37.8 Å². The van der Waals surface area contributed by atoms with Crippen molar-refractivity contribution >= 4 is 29.3 Å². The van der Waals surface area contributed by atoms with Crippen LogP contribution in [0.5, 0.6) is 5.75 Å². The smallest absolute Gasteiger partial charge is 0.376 e. The van der Waals surface area contributed by atoms with Gasteiger partial charge in [-0.05, 0) is 38.8 Å². The number of ether oxygens (including phenoxy) is 4. The summed E-state index contributed by atoms with van der Waals surface area (Å²) in [4.78, 5) is 41.9. The Balaban J connectivity index is 1.28. The van der Waals surface area contributed by atoms with Crippen LogP contribution in [-0.2, 0) is 14.2 Å². The standard InChI is InChI=1S/C23H28N6O6/c1-23(2)34-13-16(35-23)12-33-15-6-7-18(24-9-15)26-22(31)29-14-5-4-8-28(11-14)17-10-25-19(21(30)32-3)27-20(17)29/h6-7,9-10,14,16H,4-5,8,11-13H2,1-3H3,(H,24,26,31)/t14?,16-/m1/s1. The Morgan fingerprint density at radius 3 is 2.83 bits per heavy atom. The molecule has 3 aliphatic rings. The van der Waals surface area contributed by atoms with Crippen LogP contribution in [0.4, 0.5) is 22.1 Å². The number of amides is 2. The Morgan fingerprint density at radius 1 is 1.26 bits per heavy atom. The van der Waals surface area contributed by atoms with Crippen LogP contribution in [0.3, 0.4) is 0 Å². The number of urea groups is 1. The monoisotopic (exact) mass is 484 g/mol. The second kappa shape index (κ2) is 9.27. The van der Waals surface area contributed by atoms with Crippen molar-refractivity contribution in [3.05, 3.63) is 30.4 Å². The lowest BCUT2D eigenvalue weighted by molar-refractivity contribution is -0.141. The minimum Gasteiger partial charge on any atom is -0.489 e. The van der Waals surface area contributed by atoms with Gasteiger partial charge in [0.1, 0.15) is 24.3 Å². The highest BCUT2D eigenvalue weighted by molar-refractivity contribution is 6.04. The summed E-state index contributed by atoms with van der Waals surface area (Å²) in [6.07, 6.45) is 4.71. The molecule has 0 saturated carbocycles. The van der Waals surface area contributed by atoms with Crippen molar-refractivity contribution in [1.82, 2.24) is 15.0 Å². The van der Waals surface area contributed by atoms with E-state index in [1.807, 2.05) is 13.8 Å². The van der Waals surface area contributed by atoms with Gasteiger partial charge in [0.2, 0.25) is 5.82 Å². The third-order valence-electron chi connectivity index (χ3n) is 6.14. The van der Waals surface area contributed by atoms with Crippen molar-refractivity contribution in [2.24, 2.45) is 0 Å². The quantitative estimate of drug-likeness (QED) is 0.631.